The third-order valence-electron chi connectivity index (χ3n) is 5.78. The maximum atomic E-state index is 13.4. The number of carbonyl (C=O) groups excluding carboxylic acids is 2. The van der Waals surface area contributed by atoms with Crippen LogP contribution in [0.1, 0.15) is 71.4 Å². The van der Waals surface area contributed by atoms with E-state index in [0.717, 1.165) is 25.7 Å². The summed E-state index contributed by atoms with van der Waals surface area (Å²) in [6.07, 6.45) is 9.37. The third kappa shape index (κ3) is 4.08. The number of hydrogen-bond acceptors (Lipinski definition) is 3. The molecule has 0 bridgehead atoms. The Morgan fingerprint density at radius 2 is 1.59 bits per heavy atom. The molecule has 27 heavy (non-hydrogen) atoms. The van der Waals surface area contributed by atoms with Crippen LogP contribution in [0.4, 0.5) is 5.69 Å². The molecule has 0 aliphatic heterocycles. The zero-order chi connectivity index (χ0) is 18.6. The van der Waals surface area contributed by atoms with Crippen molar-refractivity contribution in [2.45, 2.75) is 63.5 Å². The van der Waals surface area contributed by atoms with Crippen molar-refractivity contribution >= 4 is 28.8 Å². The van der Waals surface area contributed by atoms with E-state index in [1.807, 2.05) is 35.7 Å². The van der Waals surface area contributed by atoms with E-state index in [2.05, 4.69) is 10.2 Å². The van der Waals surface area contributed by atoms with Gasteiger partial charge in [-0.3, -0.25) is 9.59 Å². The maximum absolute atomic E-state index is 13.4. The summed E-state index contributed by atoms with van der Waals surface area (Å²) in [4.78, 5) is 28.6. The summed E-state index contributed by atoms with van der Waals surface area (Å²) in [6.45, 7) is 0. The number of amides is 2. The molecule has 0 spiro atoms. The molecule has 2 amide bonds. The van der Waals surface area contributed by atoms with Gasteiger partial charge in [-0.1, -0.05) is 37.8 Å². The zero-order valence-corrected chi connectivity index (χ0v) is 16.3. The van der Waals surface area contributed by atoms with Gasteiger partial charge in [0, 0.05) is 23.3 Å². The monoisotopic (exact) mass is 382 g/mol. The molecule has 2 aliphatic rings. The average Bonchev–Trinajstić information content (AvgIpc) is 3.45. The van der Waals surface area contributed by atoms with Crippen LogP contribution in [0.5, 0.6) is 0 Å². The first-order valence-electron chi connectivity index (χ1n) is 10.00. The number of hydrogen-bond donors (Lipinski definition) is 1. The summed E-state index contributed by atoms with van der Waals surface area (Å²) in [5.41, 5.74) is 1.36. The van der Waals surface area contributed by atoms with E-state index < -0.39 is 0 Å². The minimum absolute atomic E-state index is 0.126. The van der Waals surface area contributed by atoms with Gasteiger partial charge in [0.1, 0.15) is 0 Å². The number of nitrogens with one attached hydrogen (secondary N) is 1. The molecule has 0 saturated heterocycles. The average molecular weight is 383 g/mol. The second-order valence-electron chi connectivity index (χ2n) is 7.60. The van der Waals surface area contributed by atoms with Gasteiger partial charge in [-0.05, 0) is 55.3 Å². The van der Waals surface area contributed by atoms with Gasteiger partial charge in [0.15, 0.2) is 0 Å². The van der Waals surface area contributed by atoms with E-state index in [-0.39, 0.29) is 11.8 Å². The van der Waals surface area contributed by atoms with Crippen LogP contribution in [-0.2, 0) is 0 Å². The summed E-state index contributed by atoms with van der Waals surface area (Å²) >= 11 is 1.41. The Bertz CT molecular complexity index is 774. The molecule has 1 heterocycles. The molecule has 2 aliphatic carbocycles. The predicted octanol–water partition coefficient (Wildman–Crippen LogP) is 5.33. The number of anilines is 1. The normalized spacial score (nSPS) is 17.9. The highest BCUT2D eigenvalue weighted by molar-refractivity contribution is 7.12. The van der Waals surface area contributed by atoms with E-state index in [9.17, 15) is 9.59 Å². The van der Waals surface area contributed by atoms with Gasteiger partial charge >= 0.3 is 0 Å². The van der Waals surface area contributed by atoms with Crippen molar-refractivity contribution in [3.63, 3.8) is 0 Å². The van der Waals surface area contributed by atoms with Crippen LogP contribution in [0.2, 0.25) is 0 Å². The molecule has 2 saturated carbocycles. The lowest BCUT2D eigenvalue weighted by atomic mass is 10.1. The summed E-state index contributed by atoms with van der Waals surface area (Å²) in [6, 6.07) is 11.8. The van der Waals surface area contributed by atoms with Crippen LogP contribution in [0, 0.1) is 0 Å². The van der Waals surface area contributed by atoms with Gasteiger partial charge in [0.25, 0.3) is 11.8 Å². The van der Waals surface area contributed by atoms with E-state index in [1.165, 1.54) is 37.0 Å². The lowest BCUT2D eigenvalue weighted by molar-refractivity contribution is 0.0580. The molecule has 1 N–H and O–H groups in total. The first-order chi connectivity index (χ1) is 13.2. The van der Waals surface area contributed by atoms with Gasteiger partial charge in [-0.15, -0.1) is 11.3 Å². The second kappa shape index (κ2) is 8.26. The Hall–Kier alpha value is -2.14. The van der Waals surface area contributed by atoms with E-state index in [0.29, 0.717) is 28.2 Å². The van der Waals surface area contributed by atoms with Crippen LogP contribution in [0.15, 0.2) is 41.8 Å². The minimum Gasteiger partial charge on any atom is -0.333 e. The lowest BCUT2D eigenvalue weighted by Crippen LogP contribution is -2.45. The lowest BCUT2D eigenvalue weighted by Gasteiger charge is -2.35. The molecule has 1 aromatic carbocycles. The van der Waals surface area contributed by atoms with Crippen LogP contribution in [0.3, 0.4) is 0 Å². The Balaban J connectivity index is 1.53. The SMILES string of the molecule is O=C(Nc1cccc(C(=O)N(C2CCCC2)C2CCCC2)c1)c1cccs1. The summed E-state index contributed by atoms with van der Waals surface area (Å²) in [5, 5.41) is 4.80. The fourth-order valence-corrected chi connectivity index (χ4v) is 5.09. The molecule has 4 rings (SSSR count). The zero-order valence-electron chi connectivity index (χ0n) is 15.5. The molecular formula is C22H26N2O2S. The van der Waals surface area contributed by atoms with Gasteiger partial charge in [0.2, 0.25) is 0 Å². The van der Waals surface area contributed by atoms with Crippen molar-refractivity contribution in [1.82, 2.24) is 4.90 Å². The van der Waals surface area contributed by atoms with E-state index in [1.54, 1.807) is 6.07 Å². The van der Waals surface area contributed by atoms with Crippen molar-refractivity contribution in [3.05, 3.63) is 52.2 Å². The van der Waals surface area contributed by atoms with E-state index in [4.69, 9.17) is 0 Å². The van der Waals surface area contributed by atoms with Crippen molar-refractivity contribution in [1.29, 1.82) is 0 Å². The van der Waals surface area contributed by atoms with Crippen molar-refractivity contribution in [3.8, 4) is 0 Å². The molecule has 142 valence electrons. The number of nitrogens with zero attached hydrogens (tertiary/aromatic N) is 1. The molecule has 0 radical (unpaired) electrons. The number of carbonyl (C=O) groups is 2. The number of benzene rings is 1. The predicted molar refractivity (Wildman–Crippen MR) is 109 cm³/mol. The molecule has 0 atom stereocenters. The molecule has 0 unspecified atom stereocenters. The molecule has 4 nitrogen and oxygen atoms in total. The molecule has 2 aromatic rings. The molecule has 1 aromatic heterocycles. The van der Waals surface area contributed by atoms with Gasteiger partial charge in [-0.2, -0.15) is 0 Å². The second-order valence-corrected chi connectivity index (χ2v) is 8.55. The molecule has 2 fully saturated rings. The maximum Gasteiger partial charge on any atom is 0.265 e. The quantitative estimate of drug-likeness (QED) is 0.760. The molecular weight excluding hydrogens is 356 g/mol. The smallest absolute Gasteiger partial charge is 0.265 e. The Morgan fingerprint density at radius 1 is 0.926 bits per heavy atom. The summed E-state index contributed by atoms with van der Waals surface area (Å²) in [7, 11) is 0. The standard InChI is InChI=1S/C22H26N2O2S/c25-21(20-13-6-14-27-20)23-17-8-5-7-16(15-17)22(26)24(18-9-1-2-10-18)19-11-3-4-12-19/h5-8,13-15,18-19H,1-4,9-12H2,(H,23,25). The number of rotatable bonds is 5. The largest absolute Gasteiger partial charge is 0.333 e. The van der Waals surface area contributed by atoms with Gasteiger partial charge in [0.05, 0.1) is 4.88 Å². The van der Waals surface area contributed by atoms with E-state index >= 15 is 0 Å². The highest BCUT2D eigenvalue weighted by Crippen LogP contribution is 2.33. The first-order valence-corrected chi connectivity index (χ1v) is 10.9. The van der Waals surface area contributed by atoms with Crippen LogP contribution in [-0.4, -0.2) is 28.8 Å². The van der Waals surface area contributed by atoms with Gasteiger partial charge in [-0.25, -0.2) is 0 Å². The van der Waals surface area contributed by atoms with Crippen molar-refractivity contribution < 1.29 is 9.59 Å². The van der Waals surface area contributed by atoms with Crippen LogP contribution in [0.25, 0.3) is 0 Å². The third-order valence-corrected chi connectivity index (χ3v) is 6.65. The van der Waals surface area contributed by atoms with Crippen LogP contribution < -0.4 is 5.32 Å². The van der Waals surface area contributed by atoms with Crippen LogP contribution >= 0.6 is 11.3 Å². The molecule has 5 heteroatoms. The fraction of sp³-hybridized carbons (Fsp3) is 0.455. The minimum atomic E-state index is -0.127. The Labute approximate surface area is 164 Å². The topological polar surface area (TPSA) is 49.4 Å². The first kappa shape index (κ1) is 18.2. The van der Waals surface area contributed by atoms with Gasteiger partial charge < -0.3 is 10.2 Å². The van der Waals surface area contributed by atoms with Crippen molar-refractivity contribution in [2.24, 2.45) is 0 Å². The number of thiophene rings is 1. The highest BCUT2D eigenvalue weighted by Gasteiger charge is 2.34. The Kier molecular flexibility index (Phi) is 5.58. The summed E-state index contributed by atoms with van der Waals surface area (Å²) < 4.78 is 0. The Morgan fingerprint density at radius 3 is 2.19 bits per heavy atom. The fourth-order valence-electron chi connectivity index (χ4n) is 4.47. The highest BCUT2D eigenvalue weighted by atomic mass is 32.1. The van der Waals surface area contributed by atoms with Crippen molar-refractivity contribution in [2.75, 3.05) is 5.32 Å². The summed E-state index contributed by atoms with van der Waals surface area (Å²) in [5.74, 6) is -0.000867.